The molecular weight excluding hydrogens is 567 g/mol. The molecular formula is C30H32Cl2OSiZr. The molecule has 0 aliphatic heterocycles. The minimum Gasteiger partial charge on any atom is -0.147 e. The first-order chi connectivity index (χ1) is 15.7. The summed E-state index contributed by atoms with van der Waals surface area (Å²) in [5, 5.41) is 2.80. The summed E-state index contributed by atoms with van der Waals surface area (Å²) in [5.74, 6) is 0.963. The molecule has 0 bridgehead atoms. The van der Waals surface area contributed by atoms with E-state index < -0.39 is 17.4 Å². The quantitative estimate of drug-likeness (QED) is 0.215. The fraction of sp³-hybridized carbons (Fsp3) is 0.200. The third-order valence-corrected chi connectivity index (χ3v) is 26.0. The Labute approximate surface area is 223 Å². The fourth-order valence-corrected chi connectivity index (χ4v) is 28.3. The van der Waals surface area contributed by atoms with E-state index in [1.54, 1.807) is 17.4 Å². The summed E-state index contributed by atoms with van der Waals surface area (Å²) in [6.07, 6.45) is 6.69. The fourth-order valence-electron chi connectivity index (χ4n) is 7.16. The van der Waals surface area contributed by atoms with E-state index in [-0.39, 0.29) is 24.8 Å². The van der Waals surface area contributed by atoms with Gasteiger partial charge in [-0.25, -0.2) is 0 Å². The monoisotopic (exact) mass is 596 g/mol. The summed E-state index contributed by atoms with van der Waals surface area (Å²) in [6.45, 7) is 7.15. The van der Waals surface area contributed by atoms with Crippen molar-refractivity contribution in [3.63, 3.8) is 0 Å². The minimum absolute atomic E-state index is 0. The Morgan fingerprint density at radius 3 is 2.26 bits per heavy atom. The second-order valence-corrected chi connectivity index (χ2v) is 41.6. The van der Waals surface area contributed by atoms with Crippen LogP contribution in [0.4, 0.5) is 0 Å². The van der Waals surface area contributed by atoms with E-state index in [4.69, 9.17) is 4.42 Å². The molecule has 2 aliphatic carbocycles. The van der Waals surface area contributed by atoms with Gasteiger partial charge in [-0.05, 0) is 0 Å². The van der Waals surface area contributed by atoms with Crippen LogP contribution in [0, 0.1) is 0 Å². The normalized spacial score (nSPS) is 18.8. The summed E-state index contributed by atoms with van der Waals surface area (Å²) in [4.78, 5) is 0. The van der Waals surface area contributed by atoms with Gasteiger partial charge in [0.15, 0.2) is 0 Å². The molecule has 0 N–H and O–H groups in total. The first-order valence-corrected chi connectivity index (χ1v) is 25.5. The van der Waals surface area contributed by atoms with E-state index in [0.29, 0.717) is 7.25 Å². The van der Waals surface area contributed by atoms with Gasteiger partial charge in [-0.2, -0.15) is 0 Å². The third kappa shape index (κ3) is 3.91. The molecule has 180 valence electrons. The van der Waals surface area contributed by atoms with Crippen molar-refractivity contribution < 1.29 is 21.8 Å². The number of halogens is 2. The van der Waals surface area contributed by atoms with Crippen LogP contribution in [0.3, 0.4) is 0 Å². The molecule has 1 nitrogen and oxygen atoms in total. The maximum atomic E-state index is 5.82. The number of benzene rings is 3. The molecule has 5 heteroatoms. The van der Waals surface area contributed by atoms with Gasteiger partial charge in [0.05, 0.1) is 0 Å². The molecule has 2 atom stereocenters. The zero-order valence-corrected chi connectivity index (χ0v) is 26.2. The van der Waals surface area contributed by atoms with Crippen LogP contribution in [0.5, 0.6) is 0 Å². The predicted octanol–water partition coefficient (Wildman–Crippen LogP) is 8.89. The zero-order chi connectivity index (χ0) is 23.0. The van der Waals surface area contributed by atoms with Gasteiger partial charge in [0, 0.05) is 0 Å². The molecule has 0 fully saturated rings. The van der Waals surface area contributed by atoms with E-state index >= 15 is 0 Å². The van der Waals surface area contributed by atoms with Crippen molar-refractivity contribution >= 4 is 54.6 Å². The molecule has 35 heavy (non-hydrogen) atoms. The molecule has 0 spiro atoms. The van der Waals surface area contributed by atoms with Gasteiger partial charge in [0.25, 0.3) is 0 Å². The maximum Gasteiger partial charge on any atom is -0.147 e. The number of hydrogen-bond acceptors (Lipinski definition) is 1. The first kappa shape index (κ1) is 26.4. The molecule has 3 aromatic carbocycles. The Bertz CT molecular complexity index is 1570. The molecule has 1 aromatic heterocycles. The summed E-state index contributed by atoms with van der Waals surface area (Å²) < 4.78 is 12.3. The first-order valence-electron chi connectivity index (χ1n) is 11.9. The topological polar surface area (TPSA) is 13.1 Å². The molecule has 6 rings (SSSR count). The Balaban J connectivity index is 0.00000144. The molecule has 2 aliphatic rings. The van der Waals surface area contributed by atoms with Crippen LogP contribution in [-0.2, 0) is 17.4 Å². The zero-order valence-electron chi connectivity index (χ0n) is 20.7. The molecule has 0 saturated carbocycles. The van der Waals surface area contributed by atoms with Crippen molar-refractivity contribution in [3.8, 4) is 11.3 Å². The molecule has 0 radical (unpaired) electrons. The van der Waals surface area contributed by atoms with Crippen molar-refractivity contribution in [3.05, 3.63) is 106 Å². The van der Waals surface area contributed by atoms with E-state index in [1.165, 1.54) is 38.6 Å². The van der Waals surface area contributed by atoms with Crippen LogP contribution in [0.2, 0.25) is 9.26 Å². The average Bonchev–Trinajstić information content (AvgIpc) is 3.49. The summed E-state index contributed by atoms with van der Waals surface area (Å²) in [6, 6.07) is 24.5. The number of furan rings is 1. The second kappa shape index (κ2) is 9.03. The maximum absolute atomic E-state index is 5.82. The second-order valence-electron chi connectivity index (χ2n) is 11.2. The van der Waals surface area contributed by atoms with Gasteiger partial charge >= 0.3 is 200 Å². The number of hydrogen-bond donors (Lipinski definition) is 0. The van der Waals surface area contributed by atoms with Crippen LogP contribution in [0.25, 0.3) is 34.2 Å². The van der Waals surface area contributed by atoms with Gasteiger partial charge in [-0.1, -0.05) is 0 Å². The van der Waals surface area contributed by atoms with Gasteiger partial charge in [-0.15, -0.1) is 24.8 Å². The third-order valence-electron chi connectivity index (χ3n) is 8.09. The molecule has 0 saturated heterocycles. The summed E-state index contributed by atoms with van der Waals surface area (Å²) in [7, 11) is 0. The summed E-state index contributed by atoms with van der Waals surface area (Å²) in [5.41, 5.74) is 10.2. The number of fused-ring (bicyclic) bond motifs is 4. The van der Waals surface area contributed by atoms with Crippen LogP contribution < -0.4 is 0 Å². The van der Waals surface area contributed by atoms with Crippen molar-refractivity contribution in [1.29, 1.82) is 0 Å². The Hall–Kier alpha value is -1.64. The van der Waals surface area contributed by atoms with E-state index in [0.717, 1.165) is 5.76 Å². The molecule has 1 heterocycles. The van der Waals surface area contributed by atoms with Gasteiger partial charge in [0.1, 0.15) is 0 Å². The van der Waals surface area contributed by atoms with Crippen LogP contribution >= 0.6 is 24.8 Å². The standard InChI is InChI=1S/C14H11O.C14H11.2CH3.2ClH.H2Si.Zr/c1-10-8-11-4-2-5-12(13(11)9-10)14-6-3-7-15-14;1-10-8-12-7-6-11-4-2-3-5-13(11)14(12)9-10;;;;;;/h2-9H,1H3;2-9H,1H3;2*1H3;2*1H;1H2;. The van der Waals surface area contributed by atoms with Gasteiger partial charge in [0.2, 0.25) is 0 Å². The van der Waals surface area contributed by atoms with Crippen molar-refractivity contribution in [2.45, 2.75) is 30.4 Å². The molecule has 2 unspecified atom stereocenters. The van der Waals surface area contributed by atoms with Gasteiger partial charge in [-0.3, -0.25) is 0 Å². The van der Waals surface area contributed by atoms with E-state index in [2.05, 4.69) is 103 Å². The van der Waals surface area contributed by atoms with Crippen molar-refractivity contribution in [2.24, 2.45) is 0 Å². The smallest absolute Gasteiger partial charge is 0.147 e. The minimum atomic E-state index is -3.49. The number of rotatable bonds is 3. The van der Waals surface area contributed by atoms with E-state index in [1.807, 2.05) is 6.07 Å². The Morgan fingerprint density at radius 2 is 1.51 bits per heavy atom. The Morgan fingerprint density at radius 1 is 0.771 bits per heavy atom. The average molecular weight is 599 g/mol. The van der Waals surface area contributed by atoms with Crippen molar-refractivity contribution in [1.82, 2.24) is 0 Å². The number of allylic oxidation sites excluding steroid dienone is 2. The molecule has 4 aromatic rings. The van der Waals surface area contributed by atoms with Crippen LogP contribution in [-0.4, -0.2) is 6.88 Å². The largest absolute Gasteiger partial charge is 0.147 e. The van der Waals surface area contributed by atoms with Crippen molar-refractivity contribution in [2.75, 3.05) is 0 Å². The SMILES string of the molecule is CC1=Cc2c(-c3ccco3)cccc2[CH]1[Zr]([CH3])([CH3])(=[SiH2])[CH]1C(C)=Cc2ccc3ccccc3c21.Cl.Cl. The Kier molecular flexibility index (Phi) is 6.82. The molecule has 0 amide bonds. The summed E-state index contributed by atoms with van der Waals surface area (Å²) >= 11 is -3.49. The predicted molar refractivity (Wildman–Crippen MR) is 156 cm³/mol. The van der Waals surface area contributed by atoms with Crippen LogP contribution in [0.15, 0.2) is 88.6 Å². The van der Waals surface area contributed by atoms with E-state index in [9.17, 15) is 0 Å². The van der Waals surface area contributed by atoms with Gasteiger partial charge < -0.3 is 0 Å². The van der Waals surface area contributed by atoms with Crippen LogP contribution in [0.1, 0.15) is 43.4 Å².